The van der Waals surface area contributed by atoms with E-state index in [0.717, 1.165) is 29.7 Å². The highest BCUT2D eigenvalue weighted by molar-refractivity contribution is 7.17. The lowest BCUT2D eigenvalue weighted by Gasteiger charge is -2.18. The molecule has 0 fully saturated rings. The zero-order valence-corrected chi connectivity index (χ0v) is 15.9. The van der Waals surface area contributed by atoms with Gasteiger partial charge in [-0.25, -0.2) is 14.6 Å². The zero-order valence-electron chi connectivity index (χ0n) is 15.1. The number of nitrogens with zero attached hydrogens (tertiary/aromatic N) is 1. The molecule has 1 aliphatic carbocycles. The summed E-state index contributed by atoms with van der Waals surface area (Å²) in [5.41, 5.74) is 1.49. The van der Waals surface area contributed by atoms with Crippen LogP contribution in [0.3, 0.4) is 0 Å². The monoisotopic (exact) mass is 388 g/mol. The molecule has 142 valence electrons. The van der Waals surface area contributed by atoms with Crippen LogP contribution in [0.2, 0.25) is 0 Å². The number of amides is 1. The summed E-state index contributed by atoms with van der Waals surface area (Å²) in [6.07, 6.45) is 4.11. The van der Waals surface area contributed by atoms with Crippen LogP contribution in [0.4, 0.5) is 5.00 Å². The Morgan fingerprint density at radius 1 is 1.30 bits per heavy atom. The van der Waals surface area contributed by atoms with Crippen LogP contribution in [0.1, 0.15) is 44.6 Å². The SMILES string of the molecule is COC(=O)c1c(NC(=O)COC(=O)c2ccccn2)sc2c1CC[C@H](C)C2. The van der Waals surface area contributed by atoms with Crippen molar-refractivity contribution in [1.29, 1.82) is 0 Å². The molecule has 2 aromatic heterocycles. The number of pyridine rings is 1. The van der Waals surface area contributed by atoms with Crippen molar-refractivity contribution in [2.45, 2.75) is 26.2 Å². The predicted molar refractivity (Wildman–Crippen MR) is 100.0 cm³/mol. The fraction of sp³-hybridized carbons (Fsp3) is 0.368. The van der Waals surface area contributed by atoms with Crippen molar-refractivity contribution in [3.05, 3.63) is 46.1 Å². The first-order valence-corrected chi connectivity index (χ1v) is 9.42. The van der Waals surface area contributed by atoms with Crippen molar-refractivity contribution < 1.29 is 23.9 Å². The number of nitrogens with one attached hydrogen (secondary N) is 1. The van der Waals surface area contributed by atoms with Crippen molar-refractivity contribution >= 4 is 34.2 Å². The molecule has 0 aliphatic heterocycles. The zero-order chi connectivity index (χ0) is 19.4. The maximum Gasteiger partial charge on any atom is 0.357 e. The second-order valence-corrected chi connectivity index (χ2v) is 7.49. The Labute approximate surface area is 160 Å². The van der Waals surface area contributed by atoms with Gasteiger partial charge in [-0.2, -0.15) is 0 Å². The van der Waals surface area contributed by atoms with E-state index in [-0.39, 0.29) is 5.69 Å². The Hall–Kier alpha value is -2.74. The van der Waals surface area contributed by atoms with Gasteiger partial charge in [0.2, 0.25) is 0 Å². The highest BCUT2D eigenvalue weighted by Crippen LogP contribution is 2.39. The lowest BCUT2D eigenvalue weighted by atomic mass is 9.88. The first-order chi connectivity index (χ1) is 13.0. The summed E-state index contributed by atoms with van der Waals surface area (Å²) in [6, 6.07) is 4.84. The van der Waals surface area contributed by atoms with Gasteiger partial charge >= 0.3 is 11.9 Å². The van der Waals surface area contributed by atoms with E-state index < -0.39 is 24.5 Å². The van der Waals surface area contributed by atoms with Crippen LogP contribution >= 0.6 is 11.3 Å². The Balaban J connectivity index is 1.70. The molecule has 0 spiro atoms. The van der Waals surface area contributed by atoms with E-state index in [1.807, 2.05) is 0 Å². The maximum absolute atomic E-state index is 12.2. The number of anilines is 1. The van der Waals surface area contributed by atoms with Gasteiger partial charge in [0.05, 0.1) is 12.7 Å². The number of rotatable bonds is 5. The summed E-state index contributed by atoms with van der Waals surface area (Å²) < 4.78 is 9.87. The van der Waals surface area contributed by atoms with E-state index in [4.69, 9.17) is 9.47 Å². The van der Waals surface area contributed by atoms with E-state index in [0.29, 0.717) is 16.5 Å². The molecule has 3 rings (SSSR count). The Morgan fingerprint density at radius 2 is 2.11 bits per heavy atom. The Morgan fingerprint density at radius 3 is 2.81 bits per heavy atom. The van der Waals surface area contributed by atoms with Crippen LogP contribution in [0, 0.1) is 5.92 Å². The quantitative estimate of drug-likeness (QED) is 0.792. The van der Waals surface area contributed by atoms with E-state index in [1.165, 1.54) is 30.7 Å². The van der Waals surface area contributed by atoms with Crippen LogP contribution in [0.15, 0.2) is 24.4 Å². The van der Waals surface area contributed by atoms with Gasteiger partial charge in [0, 0.05) is 11.1 Å². The average molecular weight is 388 g/mol. The van der Waals surface area contributed by atoms with Gasteiger partial charge in [0.1, 0.15) is 10.7 Å². The van der Waals surface area contributed by atoms with Gasteiger partial charge in [-0.05, 0) is 42.9 Å². The smallest absolute Gasteiger partial charge is 0.357 e. The van der Waals surface area contributed by atoms with Gasteiger partial charge in [-0.15, -0.1) is 11.3 Å². The van der Waals surface area contributed by atoms with Crippen LogP contribution in [-0.2, 0) is 27.1 Å². The molecule has 2 heterocycles. The minimum Gasteiger partial charge on any atom is -0.465 e. The standard InChI is InChI=1S/C19H20N2O5S/c1-11-6-7-12-14(9-11)27-17(16(12)19(24)25-2)21-15(22)10-26-18(23)13-5-3-4-8-20-13/h3-5,8,11H,6-7,9-10H2,1-2H3,(H,21,22)/t11-/m0/s1. The van der Waals surface area contributed by atoms with Gasteiger partial charge in [0.15, 0.2) is 6.61 Å². The number of fused-ring (bicyclic) bond motifs is 1. The minimum absolute atomic E-state index is 0.126. The molecule has 0 saturated carbocycles. The van der Waals surface area contributed by atoms with Crippen LogP contribution in [-0.4, -0.2) is 36.5 Å². The largest absolute Gasteiger partial charge is 0.465 e. The molecule has 27 heavy (non-hydrogen) atoms. The van der Waals surface area contributed by atoms with Crippen molar-refractivity contribution in [3.63, 3.8) is 0 Å². The third kappa shape index (κ3) is 4.33. The van der Waals surface area contributed by atoms with E-state index in [1.54, 1.807) is 12.1 Å². The summed E-state index contributed by atoms with van der Waals surface area (Å²) in [6.45, 7) is 1.70. The minimum atomic E-state index is -0.682. The van der Waals surface area contributed by atoms with Crippen LogP contribution < -0.4 is 5.32 Å². The average Bonchev–Trinajstić information content (AvgIpc) is 3.02. The second-order valence-electron chi connectivity index (χ2n) is 6.39. The molecular formula is C19H20N2O5S. The lowest BCUT2D eigenvalue weighted by molar-refractivity contribution is -0.119. The van der Waals surface area contributed by atoms with Gasteiger partial charge in [-0.1, -0.05) is 13.0 Å². The molecular weight excluding hydrogens is 368 g/mol. The molecule has 1 N–H and O–H groups in total. The fourth-order valence-corrected chi connectivity index (χ4v) is 4.42. The third-order valence-corrected chi connectivity index (χ3v) is 5.53. The summed E-state index contributed by atoms with van der Waals surface area (Å²) in [4.78, 5) is 41.3. The molecule has 7 nitrogen and oxygen atoms in total. The summed E-state index contributed by atoms with van der Waals surface area (Å²) in [7, 11) is 1.32. The summed E-state index contributed by atoms with van der Waals surface area (Å²) in [5, 5.41) is 3.13. The predicted octanol–water partition coefficient (Wildman–Crippen LogP) is 2.85. The number of carbonyl (C=O) groups excluding carboxylic acids is 3. The number of aromatic nitrogens is 1. The van der Waals surface area contributed by atoms with E-state index in [9.17, 15) is 14.4 Å². The Bertz CT molecular complexity index is 862. The number of carbonyl (C=O) groups is 3. The van der Waals surface area contributed by atoms with Crippen molar-refractivity contribution in [3.8, 4) is 0 Å². The lowest BCUT2D eigenvalue weighted by Crippen LogP contribution is -2.22. The Kier molecular flexibility index (Phi) is 5.85. The van der Waals surface area contributed by atoms with Gasteiger partial charge in [-0.3, -0.25) is 4.79 Å². The number of hydrogen-bond acceptors (Lipinski definition) is 7. The third-order valence-electron chi connectivity index (χ3n) is 4.36. The molecule has 0 bridgehead atoms. The molecule has 1 atom stereocenters. The van der Waals surface area contributed by atoms with Crippen molar-refractivity contribution in [2.24, 2.45) is 5.92 Å². The number of ether oxygens (including phenoxy) is 2. The molecule has 0 saturated heterocycles. The molecule has 8 heteroatoms. The molecule has 1 aliphatic rings. The number of hydrogen-bond donors (Lipinski definition) is 1. The molecule has 2 aromatic rings. The molecule has 0 aromatic carbocycles. The second kappa shape index (κ2) is 8.30. The van der Waals surface area contributed by atoms with Crippen molar-refractivity contribution in [2.75, 3.05) is 19.0 Å². The first kappa shape index (κ1) is 19.0. The fourth-order valence-electron chi connectivity index (χ4n) is 3.01. The molecule has 0 radical (unpaired) electrons. The van der Waals surface area contributed by atoms with Crippen LogP contribution in [0.5, 0.6) is 0 Å². The summed E-state index contributed by atoms with van der Waals surface area (Å²) >= 11 is 1.38. The first-order valence-electron chi connectivity index (χ1n) is 8.60. The normalized spacial score (nSPS) is 15.6. The highest BCUT2D eigenvalue weighted by atomic mass is 32.1. The number of esters is 2. The van der Waals surface area contributed by atoms with Crippen molar-refractivity contribution in [1.82, 2.24) is 4.98 Å². The van der Waals surface area contributed by atoms with E-state index in [2.05, 4.69) is 17.2 Å². The van der Waals surface area contributed by atoms with Gasteiger partial charge in [0.25, 0.3) is 5.91 Å². The topological polar surface area (TPSA) is 94.6 Å². The summed E-state index contributed by atoms with van der Waals surface area (Å²) in [5.74, 6) is -1.14. The van der Waals surface area contributed by atoms with Gasteiger partial charge < -0.3 is 14.8 Å². The van der Waals surface area contributed by atoms with E-state index >= 15 is 0 Å². The molecule has 0 unspecified atom stereocenters. The highest BCUT2D eigenvalue weighted by Gasteiger charge is 2.29. The molecule has 1 amide bonds. The number of thiophene rings is 1. The maximum atomic E-state index is 12.2. The van der Waals surface area contributed by atoms with Crippen LogP contribution in [0.25, 0.3) is 0 Å². The number of methoxy groups -OCH3 is 1.